The molecule has 0 fully saturated rings. The molecule has 0 heterocycles. The number of rotatable bonds is 26. The van der Waals surface area contributed by atoms with Gasteiger partial charge >= 0.3 is 17.6 Å². The van der Waals surface area contributed by atoms with Crippen molar-refractivity contribution < 1.29 is 33.5 Å². The number of ether oxygens (including phenoxy) is 4. The highest BCUT2D eigenvalue weighted by molar-refractivity contribution is 5.92. The monoisotopic (exact) mass is 778 g/mol. The Morgan fingerprint density at radius 1 is 0.737 bits per heavy atom. The molecule has 1 unspecified atom stereocenters. The van der Waals surface area contributed by atoms with Gasteiger partial charge in [-0.05, 0) is 85.7 Å². The summed E-state index contributed by atoms with van der Waals surface area (Å²) in [5.41, 5.74) is 9.98. The molecule has 10 nitrogen and oxygen atoms in total. The predicted molar refractivity (Wildman–Crippen MR) is 227 cm³/mol. The Balaban J connectivity index is 1.19. The van der Waals surface area contributed by atoms with Crippen LogP contribution in [0, 0.1) is 10.1 Å². The minimum atomic E-state index is -0.524. The molecule has 0 aromatic heterocycles. The molecule has 0 radical (unpaired) electrons. The number of nitrogens with two attached hydrogens (primary N) is 1. The molecule has 0 saturated carbocycles. The zero-order valence-corrected chi connectivity index (χ0v) is 33.5. The second-order valence-corrected chi connectivity index (χ2v) is 14.4. The first kappa shape index (κ1) is 44.1. The van der Waals surface area contributed by atoms with E-state index in [0.717, 1.165) is 74.7 Å². The van der Waals surface area contributed by atoms with Crippen LogP contribution in [0.5, 0.6) is 17.2 Å². The van der Waals surface area contributed by atoms with Gasteiger partial charge in [-0.25, -0.2) is 9.59 Å². The number of carbonyl (C=O) groups excluding carboxylic acids is 2. The number of hydrogen-bond donors (Lipinski definition) is 1. The van der Waals surface area contributed by atoms with E-state index in [4.69, 9.17) is 24.7 Å². The number of carbonyl (C=O) groups is 2. The molecular weight excluding hydrogens is 721 g/mol. The number of hydrogen-bond acceptors (Lipinski definition) is 9. The Hall–Kier alpha value is -5.64. The van der Waals surface area contributed by atoms with Gasteiger partial charge in [-0.15, -0.1) is 0 Å². The molecule has 0 aliphatic heterocycles. The van der Waals surface area contributed by atoms with E-state index in [0.29, 0.717) is 41.3 Å². The fourth-order valence-corrected chi connectivity index (χ4v) is 6.48. The van der Waals surface area contributed by atoms with Crippen LogP contribution in [0.3, 0.4) is 0 Å². The molecule has 0 aliphatic carbocycles. The van der Waals surface area contributed by atoms with Crippen LogP contribution in [-0.2, 0) is 9.53 Å². The van der Waals surface area contributed by atoms with Crippen LogP contribution in [0.2, 0.25) is 0 Å². The summed E-state index contributed by atoms with van der Waals surface area (Å²) in [5.74, 6) is 0.519. The van der Waals surface area contributed by atoms with Gasteiger partial charge < -0.3 is 24.7 Å². The second-order valence-electron chi connectivity index (χ2n) is 14.4. The molecule has 57 heavy (non-hydrogen) atoms. The van der Waals surface area contributed by atoms with Crippen LogP contribution in [-0.4, -0.2) is 36.2 Å². The third-order valence-electron chi connectivity index (χ3n) is 9.77. The highest BCUT2D eigenvalue weighted by Crippen LogP contribution is 2.38. The lowest BCUT2D eigenvalue weighted by Crippen LogP contribution is -2.13. The number of benzene rings is 4. The second kappa shape index (κ2) is 24.1. The molecule has 1 atom stereocenters. The van der Waals surface area contributed by atoms with Crippen LogP contribution in [0.1, 0.15) is 114 Å². The van der Waals surface area contributed by atoms with Gasteiger partial charge in [0.15, 0.2) is 5.75 Å². The van der Waals surface area contributed by atoms with Crippen LogP contribution < -0.4 is 19.9 Å². The number of unbranched alkanes of at least 4 members (excludes halogenated alkanes) is 11. The smallest absolute Gasteiger partial charge is 0.343 e. The summed E-state index contributed by atoms with van der Waals surface area (Å²) in [6.07, 6.45) is 16.4. The number of nitrogens with zero attached hydrogens (tertiary/aromatic N) is 1. The predicted octanol–water partition coefficient (Wildman–Crippen LogP) is 12.1. The summed E-state index contributed by atoms with van der Waals surface area (Å²) in [7, 11) is 0. The van der Waals surface area contributed by atoms with E-state index < -0.39 is 10.9 Å². The molecule has 0 saturated heterocycles. The molecule has 4 rings (SSSR count). The number of anilines is 1. The fraction of sp³-hybridized carbons (Fsp3) is 0.404. The van der Waals surface area contributed by atoms with E-state index in [9.17, 15) is 19.7 Å². The van der Waals surface area contributed by atoms with Crippen LogP contribution in [0.4, 0.5) is 11.4 Å². The van der Waals surface area contributed by atoms with Crippen LogP contribution in [0.15, 0.2) is 97.6 Å². The first-order valence-corrected chi connectivity index (χ1v) is 20.4. The van der Waals surface area contributed by atoms with Gasteiger partial charge in [0.2, 0.25) is 0 Å². The topological polar surface area (TPSA) is 140 Å². The van der Waals surface area contributed by atoms with Gasteiger partial charge in [-0.3, -0.25) is 10.1 Å². The first-order chi connectivity index (χ1) is 27.7. The minimum absolute atomic E-state index is 0.151. The molecule has 0 amide bonds. The lowest BCUT2D eigenvalue weighted by atomic mass is 10.0. The Kier molecular flexibility index (Phi) is 18.6. The van der Waals surface area contributed by atoms with Gasteiger partial charge in [0.1, 0.15) is 11.5 Å². The molecule has 4 aromatic carbocycles. The van der Waals surface area contributed by atoms with E-state index >= 15 is 0 Å². The van der Waals surface area contributed by atoms with Crippen molar-refractivity contribution in [3.8, 4) is 39.5 Å². The van der Waals surface area contributed by atoms with E-state index in [1.165, 1.54) is 50.3 Å². The Morgan fingerprint density at radius 3 is 1.86 bits per heavy atom. The van der Waals surface area contributed by atoms with Gasteiger partial charge in [0.05, 0.1) is 29.8 Å². The normalized spacial score (nSPS) is 11.4. The summed E-state index contributed by atoms with van der Waals surface area (Å²) >= 11 is 0. The highest BCUT2D eigenvalue weighted by atomic mass is 16.6. The Labute approximate surface area is 337 Å². The maximum absolute atomic E-state index is 13.0. The van der Waals surface area contributed by atoms with Gasteiger partial charge in [0.25, 0.3) is 0 Å². The molecule has 0 aliphatic rings. The summed E-state index contributed by atoms with van der Waals surface area (Å²) < 4.78 is 22.5. The molecule has 0 bridgehead atoms. The maximum Gasteiger partial charge on any atom is 0.343 e. The maximum atomic E-state index is 13.0. The SMILES string of the molecule is C=CC(=O)OCCCCCCCCCCCOc1ccc(-c2ccc(OC(=O)c3ccc(-c4cc([N+](=O)[O-])c(OC(C)CCCCCC)cc4N)cc3)cc2)cc1. The summed E-state index contributed by atoms with van der Waals surface area (Å²) in [6, 6.07) is 24.8. The van der Waals surface area contributed by atoms with E-state index in [1.54, 1.807) is 36.4 Å². The zero-order chi connectivity index (χ0) is 40.8. The number of esters is 2. The van der Waals surface area contributed by atoms with Gasteiger partial charge in [-0.2, -0.15) is 0 Å². The van der Waals surface area contributed by atoms with Crippen molar-refractivity contribution in [2.24, 2.45) is 0 Å². The molecule has 4 aromatic rings. The Bertz CT molecular complexity index is 1860. The standard InChI is InChI=1S/C47H58N2O8/c1-4-6-7-15-18-35(3)56-45-34-43(48)42(33-44(45)49(52)53)38-19-21-39(22-20-38)47(51)57-41-29-25-37(26-30-41)36-23-27-40(28-24-36)54-31-16-13-11-9-8-10-12-14-17-32-55-46(50)5-2/h5,19-30,33-35H,2,4,6-18,31-32,48H2,1,3H3. The molecule has 2 N–H and O–H groups in total. The third kappa shape index (κ3) is 15.1. The van der Waals surface area contributed by atoms with Crippen LogP contribution >= 0.6 is 0 Å². The summed E-state index contributed by atoms with van der Waals surface area (Å²) in [4.78, 5) is 35.5. The summed E-state index contributed by atoms with van der Waals surface area (Å²) in [6.45, 7) is 8.62. The van der Waals surface area contributed by atoms with E-state index in [2.05, 4.69) is 13.5 Å². The molecule has 304 valence electrons. The van der Waals surface area contributed by atoms with Crippen LogP contribution in [0.25, 0.3) is 22.3 Å². The van der Waals surface area contributed by atoms with E-state index in [-0.39, 0.29) is 23.5 Å². The van der Waals surface area contributed by atoms with Crippen molar-refractivity contribution in [2.45, 2.75) is 110 Å². The first-order valence-electron chi connectivity index (χ1n) is 20.4. The molecular formula is C47H58N2O8. The van der Waals surface area contributed by atoms with Crippen molar-refractivity contribution in [3.05, 3.63) is 113 Å². The van der Waals surface area contributed by atoms with E-state index in [1.807, 2.05) is 43.3 Å². The third-order valence-corrected chi connectivity index (χ3v) is 9.77. The largest absolute Gasteiger partial charge is 0.494 e. The lowest BCUT2D eigenvalue weighted by molar-refractivity contribution is -0.386. The number of nitro groups is 1. The highest BCUT2D eigenvalue weighted by Gasteiger charge is 2.22. The number of nitrogen functional groups attached to an aromatic ring is 1. The van der Waals surface area contributed by atoms with Gasteiger partial charge in [-0.1, -0.05) is 114 Å². The summed E-state index contributed by atoms with van der Waals surface area (Å²) in [5, 5.41) is 12.0. The average Bonchev–Trinajstić information content (AvgIpc) is 3.21. The van der Waals surface area contributed by atoms with Crippen molar-refractivity contribution in [3.63, 3.8) is 0 Å². The average molecular weight is 779 g/mol. The van der Waals surface area contributed by atoms with Crippen molar-refractivity contribution in [2.75, 3.05) is 18.9 Å². The minimum Gasteiger partial charge on any atom is -0.494 e. The molecule has 0 spiro atoms. The lowest BCUT2D eigenvalue weighted by Gasteiger charge is -2.16. The van der Waals surface area contributed by atoms with Crippen molar-refractivity contribution in [1.82, 2.24) is 0 Å². The van der Waals surface area contributed by atoms with Gasteiger partial charge in [0, 0.05) is 29.5 Å². The quantitative estimate of drug-likeness (QED) is 0.0125. The molecule has 10 heteroatoms. The number of nitro benzene ring substituents is 1. The van der Waals surface area contributed by atoms with Crippen molar-refractivity contribution in [1.29, 1.82) is 0 Å². The fourth-order valence-electron chi connectivity index (χ4n) is 6.48. The Morgan fingerprint density at radius 2 is 1.28 bits per heavy atom. The zero-order valence-electron chi connectivity index (χ0n) is 33.5. The van der Waals surface area contributed by atoms with Crippen molar-refractivity contribution >= 4 is 23.3 Å².